The van der Waals surface area contributed by atoms with Gasteiger partial charge in [-0.3, -0.25) is 14.6 Å². The number of carbonyl (C=O) groups excluding carboxylic acids is 1. The molecule has 0 aliphatic carbocycles. The van der Waals surface area contributed by atoms with Crippen molar-refractivity contribution in [3.63, 3.8) is 0 Å². The lowest BCUT2D eigenvalue weighted by molar-refractivity contribution is -0.141. The lowest BCUT2D eigenvalue weighted by atomic mass is 10.0. The van der Waals surface area contributed by atoms with E-state index in [-0.39, 0.29) is 24.2 Å². The zero-order valence-corrected chi connectivity index (χ0v) is 21.9. The minimum Gasteiger partial charge on any atom is -0.467 e. The van der Waals surface area contributed by atoms with Crippen LogP contribution in [0.5, 0.6) is 11.6 Å². The molecule has 1 saturated heterocycles. The van der Waals surface area contributed by atoms with E-state index in [0.29, 0.717) is 17.3 Å². The van der Waals surface area contributed by atoms with Crippen LogP contribution in [0.1, 0.15) is 37.9 Å². The first-order chi connectivity index (χ1) is 18.3. The van der Waals surface area contributed by atoms with Crippen molar-refractivity contribution in [3.8, 4) is 11.6 Å². The first-order valence-electron chi connectivity index (χ1n) is 12.7. The van der Waals surface area contributed by atoms with Crippen molar-refractivity contribution in [2.45, 2.75) is 58.2 Å². The van der Waals surface area contributed by atoms with Gasteiger partial charge in [0.2, 0.25) is 5.88 Å². The smallest absolute Gasteiger partial charge is 0.328 e. The van der Waals surface area contributed by atoms with Crippen molar-refractivity contribution in [2.75, 3.05) is 17.3 Å². The van der Waals surface area contributed by atoms with Crippen LogP contribution in [0.15, 0.2) is 58.4 Å². The Balaban J connectivity index is 1.35. The quantitative estimate of drug-likeness (QED) is 0.276. The average Bonchev–Trinajstić information content (AvgIpc) is 3.24. The summed E-state index contributed by atoms with van der Waals surface area (Å²) in [6.45, 7) is 5.98. The number of nitrogens with zero attached hydrogens (tertiary/aromatic N) is 3. The Bertz CT molecular complexity index is 1550. The number of rotatable bonds is 8. The fraction of sp³-hybridized carbons (Fsp3) is 0.345. The molecule has 1 N–H and O–H groups in total. The summed E-state index contributed by atoms with van der Waals surface area (Å²) in [4.78, 5) is 48.3. The van der Waals surface area contributed by atoms with E-state index in [0.717, 1.165) is 34.9 Å². The Kier molecular flexibility index (Phi) is 6.84. The molecule has 196 valence electrons. The lowest BCUT2D eigenvalue weighted by Crippen LogP contribution is -2.48. The predicted molar refractivity (Wildman–Crippen MR) is 146 cm³/mol. The Hall–Kier alpha value is -4.27. The highest BCUT2D eigenvalue weighted by Gasteiger charge is 2.36. The first kappa shape index (κ1) is 25.4. The Labute approximate surface area is 220 Å². The number of aromatic nitrogens is 2. The van der Waals surface area contributed by atoms with Gasteiger partial charge in [-0.1, -0.05) is 12.1 Å². The molecule has 0 spiro atoms. The van der Waals surface area contributed by atoms with Gasteiger partial charge in [-0.25, -0.2) is 9.78 Å². The average molecular weight is 515 g/mol. The third-order valence-corrected chi connectivity index (χ3v) is 7.20. The molecule has 3 heterocycles. The van der Waals surface area contributed by atoms with Crippen LogP contribution in [0.2, 0.25) is 0 Å². The minimum absolute atomic E-state index is 0.147. The number of pyridine rings is 2. The highest BCUT2D eigenvalue weighted by atomic mass is 16.5. The van der Waals surface area contributed by atoms with Crippen molar-refractivity contribution in [1.82, 2.24) is 9.97 Å². The second-order valence-electron chi connectivity index (χ2n) is 9.90. The fourth-order valence-corrected chi connectivity index (χ4v) is 5.21. The van der Waals surface area contributed by atoms with Crippen LogP contribution >= 0.6 is 0 Å². The molecule has 5 rings (SSSR count). The summed E-state index contributed by atoms with van der Waals surface area (Å²) >= 11 is 0. The standard InChI is InChI=1S/C29H30N4O5/c1-16-13-20-11-12-30-15-22(20)28(31-16)38-21-9-7-19(8-10-21)14-23(29(36)37-4)32-24-25(27(35)26(24)34)33-17(2)5-6-18(33)3/h7-13,15,17-18,23,32H,5-6,14H2,1-4H3/t17-,18-,23-/m0/s1. The van der Waals surface area contributed by atoms with E-state index in [1.54, 1.807) is 24.5 Å². The lowest BCUT2D eigenvalue weighted by Gasteiger charge is -2.32. The molecule has 0 amide bonds. The molecule has 0 bridgehead atoms. The van der Waals surface area contributed by atoms with Crippen LogP contribution < -0.4 is 25.8 Å². The van der Waals surface area contributed by atoms with Crippen LogP contribution in [0.3, 0.4) is 0 Å². The van der Waals surface area contributed by atoms with Crippen LogP contribution in [-0.4, -0.2) is 41.2 Å². The van der Waals surface area contributed by atoms with Crippen LogP contribution in [0.4, 0.5) is 11.4 Å². The van der Waals surface area contributed by atoms with Crippen molar-refractivity contribution < 1.29 is 14.3 Å². The number of aryl methyl sites for hydroxylation is 1. The van der Waals surface area contributed by atoms with E-state index >= 15 is 0 Å². The normalized spacial score (nSPS) is 18.1. The summed E-state index contributed by atoms with van der Waals surface area (Å²) in [5.41, 5.74) is 1.11. The number of esters is 1. The number of methoxy groups -OCH3 is 1. The number of anilines is 2. The van der Waals surface area contributed by atoms with Gasteiger partial charge in [0.1, 0.15) is 23.2 Å². The van der Waals surface area contributed by atoms with E-state index in [1.807, 2.05) is 49.9 Å². The summed E-state index contributed by atoms with van der Waals surface area (Å²) in [6.07, 6.45) is 5.59. The number of carbonyl (C=O) groups is 1. The molecule has 9 heteroatoms. The summed E-state index contributed by atoms with van der Waals surface area (Å²) < 4.78 is 11.1. The monoisotopic (exact) mass is 514 g/mol. The summed E-state index contributed by atoms with van der Waals surface area (Å²) in [7, 11) is 1.30. The maximum atomic E-state index is 12.6. The molecule has 1 aliphatic heterocycles. The maximum Gasteiger partial charge on any atom is 0.328 e. The number of benzene rings is 1. The SMILES string of the molecule is COC(=O)[C@H](Cc1ccc(Oc2nc(C)cc3ccncc23)cc1)Nc1c(N2[C@@H](C)CC[C@@H]2C)c(=O)c1=O. The molecule has 38 heavy (non-hydrogen) atoms. The van der Waals surface area contributed by atoms with Gasteiger partial charge in [0.05, 0.1) is 12.5 Å². The molecule has 0 unspecified atom stereocenters. The first-order valence-corrected chi connectivity index (χ1v) is 12.7. The molecular weight excluding hydrogens is 484 g/mol. The molecule has 1 fully saturated rings. The van der Waals surface area contributed by atoms with Gasteiger partial charge >= 0.3 is 5.97 Å². The number of nitrogens with one attached hydrogen (secondary N) is 1. The topological polar surface area (TPSA) is 111 Å². The second kappa shape index (κ2) is 10.2. The molecule has 3 atom stereocenters. The Morgan fingerprint density at radius 2 is 1.82 bits per heavy atom. The Morgan fingerprint density at radius 3 is 2.50 bits per heavy atom. The number of hydrogen-bond donors (Lipinski definition) is 1. The molecule has 2 aromatic heterocycles. The van der Waals surface area contributed by atoms with E-state index in [2.05, 4.69) is 15.3 Å². The highest BCUT2D eigenvalue weighted by molar-refractivity contribution is 5.86. The summed E-state index contributed by atoms with van der Waals surface area (Å²) in [6, 6.07) is 10.6. The zero-order valence-electron chi connectivity index (χ0n) is 21.9. The summed E-state index contributed by atoms with van der Waals surface area (Å²) in [5, 5.41) is 4.82. The second-order valence-corrected chi connectivity index (χ2v) is 9.90. The molecule has 2 aromatic carbocycles. The van der Waals surface area contributed by atoms with Crippen molar-refractivity contribution >= 4 is 28.1 Å². The molecule has 0 saturated carbocycles. The third-order valence-electron chi connectivity index (χ3n) is 7.20. The van der Waals surface area contributed by atoms with E-state index in [9.17, 15) is 14.4 Å². The number of hydrogen-bond acceptors (Lipinski definition) is 9. The molecule has 4 aromatic rings. The van der Waals surface area contributed by atoms with E-state index < -0.39 is 22.9 Å². The van der Waals surface area contributed by atoms with E-state index in [1.165, 1.54) is 7.11 Å². The molecule has 1 aliphatic rings. The zero-order chi connectivity index (χ0) is 27.0. The van der Waals surface area contributed by atoms with E-state index in [4.69, 9.17) is 9.47 Å². The molecule has 9 nitrogen and oxygen atoms in total. The number of ether oxygens (including phenoxy) is 2. The van der Waals surface area contributed by atoms with Gasteiger partial charge in [0, 0.05) is 36.6 Å². The van der Waals surface area contributed by atoms with Crippen molar-refractivity contribution in [2.24, 2.45) is 0 Å². The van der Waals surface area contributed by atoms with Crippen LogP contribution in [0.25, 0.3) is 10.8 Å². The van der Waals surface area contributed by atoms with Gasteiger partial charge in [-0.05, 0) is 68.8 Å². The van der Waals surface area contributed by atoms with Crippen molar-refractivity contribution in [3.05, 3.63) is 80.5 Å². The van der Waals surface area contributed by atoms with Crippen molar-refractivity contribution in [1.29, 1.82) is 0 Å². The van der Waals surface area contributed by atoms with Gasteiger partial charge in [0.15, 0.2) is 0 Å². The summed E-state index contributed by atoms with van der Waals surface area (Å²) in [5.74, 6) is 0.532. The third kappa shape index (κ3) is 4.71. The van der Waals surface area contributed by atoms with Gasteiger partial charge in [0.25, 0.3) is 10.9 Å². The fourth-order valence-electron chi connectivity index (χ4n) is 5.21. The molecular formula is C29H30N4O5. The van der Waals surface area contributed by atoms with Crippen LogP contribution in [-0.2, 0) is 16.0 Å². The molecule has 0 radical (unpaired) electrons. The Morgan fingerprint density at radius 1 is 1.11 bits per heavy atom. The minimum atomic E-state index is -0.838. The predicted octanol–water partition coefficient (Wildman–Crippen LogP) is 3.90. The van der Waals surface area contributed by atoms with Gasteiger partial charge in [-0.15, -0.1) is 0 Å². The van der Waals surface area contributed by atoms with Crippen LogP contribution in [0, 0.1) is 6.92 Å². The van der Waals surface area contributed by atoms with Gasteiger partial charge < -0.3 is 19.7 Å². The highest BCUT2D eigenvalue weighted by Crippen LogP contribution is 2.33. The maximum absolute atomic E-state index is 12.6. The number of fused-ring (bicyclic) bond motifs is 1. The largest absolute Gasteiger partial charge is 0.467 e. The van der Waals surface area contributed by atoms with Gasteiger partial charge in [-0.2, -0.15) is 0 Å².